The van der Waals surface area contributed by atoms with Gasteiger partial charge in [0.15, 0.2) is 0 Å². The first-order valence-electron chi connectivity index (χ1n) is 6.54. The molecule has 0 saturated carbocycles. The van der Waals surface area contributed by atoms with Crippen molar-refractivity contribution < 1.29 is 19.2 Å². The number of nitrogens with zero attached hydrogens (tertiary/aromatic N) is 2. The van der Waals surface area contributed by atoms with E-state index < -0.39 is 16.3 Å². The molecule has 1 aromatic carbocycles. The monoisotopic (exact) mass is 294 g/mol. The summed E-state index contributed by atoms with van der Waals surface area (Å²) in [5.41, 5.74) is -0.764. The number of carbonyl (C=O) groups is 1. The largest absolute Gasteiger partial charge is 0.497 e. The minimum atomic E-state index is -1.03. The zero-order valence-electron chi connectivity index (χ0n) is 12.3. The zero-order valence-corrected chi connectivity index (χ0v) is 12.3. The molecule has 1 heterocycles. The predicted molar refractivity (Wildman–Crippen MR) is 75.5 cm³/mol. The molecule has 0 amide bonds. The third-order valence-corrected chi connectivity index (χ3v) is 3.95. The average Bonchev–Trinajstić information content (AvgIpc) is 2.88. The van der Waals surface area contributed by atoms with Gasteiger partial charge in [-0.3, -0.25) is 14.9 Å². The summed E-state index contributed by atoms with van der Waals surface area (Å²) in [5, 5.41) is 11.3. The van der Waals surface area contributed by atoms with Crippen LogP contribution in [-0.4, -0.2) is 50.1 Å². The molecule has 1 aliphatic heterocycles. The second-order valence-corrected chi connectivity index (χ2v) is 5.20. The molecule has 114 valence electrons. The van der Waals surface area contributed by atoms with Crippen LogP contribution in [0, 0.1) is 10.1 Å². The van der Waals surface area contributed by atoms with Gasteiger partial charge in [-0.1, -0.05) is 0 Å². The maximum absolute atomic E-state index is 12.3. The Morgan fingerprint density at radius 1 is 1.43 bits per heavy atom. The van der Waals surface area contributed by atoms with Crippen molar-refractivity contribution in [2.75, 3.05) is 34.4 Å². The molecule has 1 atom stereocenters. The fourth-order valence-electron chi connectivity index (χ4n) is 2.88. The van der Waals surface area contributed by atoms with Crippen LogP contribution in [0.5, 0.6) is 5.75 Å². The Labute approximate surface area is 122 Å². The van der Waals surface area contributed by atoms with Gasteiger partial charge >= 0.3 is 5.97 Å². The highest BCUT2D eigenvalue weighted by Crippen LogP contribution is 2.41. The summed E-state index contributed by atoms with van der Waals surface area (Å²) < 4.78 is 10.1. The van der Waals surface area contributed by atoms with Crippen molar-refractivity contribution in [1.82, 2.24) is 4.90 Å². The van der Waals surface area contributed by atoms with Crippen LogP contribution in [0.25, 0.3) is 0 Å². The van der Waals surface area contributed by atoms with Crippen LogP contribution >= 0.6 is 0 Å². The number of esters is 1. The van der Waals surface area contributed by atoms with Gasteiger partial charge in [0.25, 0.3) is 5.69 Å². The Morgan fingerprint density at radius 3 is 2.62 bits per heavy atom. The summed E-state index contributed by atoms with van der Waals surface area (Å²) >= 11 is 0. The van der Waals surface area contributed by atoms with E-state index in [2.05, 4.69) is 0 Å². The predicted octanol–water partition coefficient (Wildman–Crippen LogP) is 1.35. The molecule has 7 nitrogen and oxygen atoms in total. The fraction of sp³-hybridized carbons (Fsp3) is 0.500. The van der Waals surface area contributed by atoms with Gasteiger partial charge in [0, 0.05) is 12.6 Å². The van der Waals surface area contributed by atoms with Gasteiger partial charge < -0.3 is 14.4 Å². The fourth-order valence-corrected chi connectivity index (χ4v) is 2.88. The van der Waals surface area contributed by atoms with E-state index in [1.807, 2.05) is 11.9 Å². The molecule has 21 heavy (non-hydrogen) atoms. The lowest BCUT2D eigenvalue weighted by Gasteiger charge is -2.26. The van der Waals surface area contributed by atoms with Crippen molar-refractivity contribution in [3.63, 3.8) is 0 Å². The Kier molecular flexibility index (Phi) is 4.13. The molecular formula is C14H18N2O5. The molecule has 0 unspecified atom stereocenters. The molecule has 0 aromatic heterocycles. The molecule has 1 aliphatic rings. The van der Waals surface area contributed by atoms with Crippen LogP contribution < -0.4 is 4.74 Å². The smallest absolute Gasteiger partial charge is 0.317 e. The summed E-state index contributed by atoms with van der Waals surface area (Å²) in [6.07, 6.45) is 0.476. The first kappa shape index (κ1) is 15.2. The van der Waals surface area contributed by atoms with E-state index in [9.17, 15) is 14.9 Å². The van der Waals surface area contributed by atoms with Crippen LogP contribution in [0.2, 0.25) is 0 Å². The van der Waals surface area contributed by atoms with Gasteiger partial charge in [0.05, 0.1) is 24.7 Å². The highest BCUT2D eigenvalue weighted by molar-refractivity contribution is 5.86. The van der Waals surface area contributed by atoms with Crippen LogP contribution in [0.4, 0.5) is 5.69 Å². The maximum Gasteiger partial charge on any atom is 0.317 e. The van der Waals surface area contributed by atoms with Gasteiger partial charge in [0.2, 0.25) is 0 Å². The highest BCUT2D eigenvalue weighted by Gasteiger charge is 2.49. The van der Waals surface area contributed by atoms with Crippen LogP contribution in [0.3, 0.4) is 0 Å². The van der Waals surface area contributed by atoms with Gasteiger partial charge in [-0.25, -0.2) is 0 Å². The van der Waals surface area contributed by atoms with E-state index in [4.69, 9.17) is 9.47 Å². The van der Waals surface area contributed by atoms with Crippen molar-refractivity contribution in [1.29, 1.82) is 0 Å². The molecule has 0 spiro atoms. The number of rotatable bonds is 4. The molecular weight excluding hydrogens is 276 g/mol. The Morgan fingerprint density at radius 2 is 2.14 bits per heavy atom. The standard InChI is InChI=1S/C14H18N2O5/c1-15-7-6-14(9-15,13(17)21-3)11-8-10(20-2)4-5-12(11)16(18)19/h4-5,8H,6-7,9H2,1-3H3/t14-/m0/s1. The SMILES string of the molecule is COC(=O)[C@@]1(c2cc(OC)ccc2[N+](=O)[O-])CCN(C)C1. The number of nitro benzene ring substituents is 1. The number of likely N-dealkylation sites (N-methyl/N-ethyl adjacent to an activating group) is 1. The molecule has 0 bridgehead atoms. The number of methoxy groups -OCH3 is 2. The van der Waals surface area contributed by atoms with Crippen LogP contribution in [0.1, 0.15) is 12.0 Å². The number of nitro groups is 1. The van der Waals surface area contributed by atoms with E-state index in [1.54, 1.807) is 6.07 Å². The van der Waals surface area contributed by atoms with E-state index >= 15 is 0 Å². The van der Waals surface area contributed by atoms with Gasteiger partial charge in [-0.05, 0) is 32.1 Å². The molecule has 1 fully saturated rings. The lowest BCUT2D eigenvalue weighted by Crippen LogP contribution is -2.39. The zero-order chi connectivity index (χ0) is 15.6. The number of carbonyl (C=O) groups excluding carboxylic acids is 1. The van der Waals surface area contributed by atoms with Crippen molar-refractivity contribution in [3.05, 3.63) is 33.9 Å². The number of ether oxygens (including phenoxy) is 2. The lowest BCUT2D eigenvalue weighted by atomic mass is 9.78. The maximum atomic E-state index is 12.3. The first-order valence-corrected chi connectivity index (χ1v) is 6.54. The Hall–Kier alpha value is -2.15. The average molecular weight is 294 g/mol. The molecule has 0 N–H and O–H groups in total. The second-order valence-electron chi connectivity index (χ2n) is 5.20. The number of hydrogen-bond donors (Lipinski definition) is 0. The number of hydrogen-bond acceptors (Lipinski definition) is 6. The van der Waals surface area contributed by atoms with E-state index in [-0.39, 0.29) is 5.69 Å². The van der Waals surface area contributed by atoms with E-state index in [0.29, 0.717) is 30.8 Å². The van der Waals surface area contributed by atoms with Gasteiger partial charge in [0.1, 0.15) is 11.2 Å². The lowest BCUT2D eigenvalue weighted by molar-refractivity contribution is -0.386. The minimum absolute atomic E-state index is 0.0866. The summed E-state index contributed by atoms with van der Waals surface area (Å²) in [5.74, 6) is 0.0247. The summed E-state index contributed by atoms with van der Waals surface area (Å²) in [6.45, 7) is 1.05. The number of likely N-dealkylation sites (tertiary alicyclic amines) is 1. The second kappa shape index (κ2) is 5.69. The van der Waals surface area contributed by atoms with Crippen molar-refractivity contribution in [2.24, 2.45) is 0 Å². The topological polar surface area (TPSA) is 81.9 Å². The van der Waals surface area contributed by atoms with Gasteiger partial charge in [-0.15, -0.1) is 0 Å². The molecule has 1 aromatic rings. The van der Waals surface area contributed by atoms with Gasteiger partial charge in [-0.2, -0.15) is 0 Å². The summed E-state index contributed by atoms with van der Waals surface area (Å²) in [7, 11) is 4.65. The Balaban J connectivity index is 2.64. The van der Waals surface area contributed by atoms with E-state index in [0.717, 1.165) is 0 Å². The third kappa shape index (κ3) is 2.56. The van der Waals surface area contributed by atoms with Crippen LogP contribution in [-0.2, 0) is 14.9 Å². The van der Waals surface area contributed by atoms with Crippen molar-refractivity contribution >= 4 is 11.7 Å². The quantitative estimate of drug-likeness (QED) is 0.473. The molecule has 0 aliphatic carbocycles. The molecule has 7 heteroatoms. The number of benzene rings is 1. The highest BCUT2D eigenvalue weighted by atomic mass is 16.6. The van der Waals surface area contributed by atoms with Crippen molar-refractivity contribution in [2.45, 2.75) is 11.8 Å². The molecule has 1 saturated heterocycles. The van der Waals surface area contributed by atoms with E-state index in [1.165, 1.54) is 26.4 Å². The summed E-state index contributed by atoms with van der Waals surface area (Å²) in [4.78, 5) is 25.1. The third-order valence-electron chi connectivity index (χ3n) is 3.95. The molecule has 0 radical (unpaired) electrons. The first-order chi connectivity index (χ1) is 9.94. The van der Waals surface area contributed by atoms with Crippen LogP contribution in [0.15, 0.2) is 18.2 Å². The summed E-state index contributed by atoms with van der Waals surface area (Å²) in [6, 6.07) is 4.46. The molecule has 2 rings (SSSR count). The Bertz CT molecular complexity index is 574. The van der Waals surface area contributed by atoms with Crippen molar-refractivity contribution in [3.8, 4) is 5.75 Å². The normalized spacial score (nSPS) is 22.0. The minimum Gasteiger partial charge on any atom is -0.497 e.